The third-order valence-corrected chi connectivity index (χ3v) is 3.88. The van der Waals surface area contributed by atoms with E-state index in [-0.39, 0.29) is 6.04 Å². The fourth-order valence-corrected chi connectivity index (χ4v) is 2.62. The van der Waals surface area contributed by atoms with Crippen molar-refractivity contribution >= 4 is 28.5 Å². The second kappa shape index (κ2) is 5.10. The SMILES string of the molecule is Ic1ccccc1C1=NC(c2ccccc2)CO1. The maximum atomic E-state index is 5.73. The molecule has 18 heavy (non-hydrogen) atoms. The molecule has 1 heterocycles. The summed E-state index contributed by atoms with van der Waals surface area (Å²) < 4.78 is 6.90. The van der Waals surface area contributed by atoms with Crippen molar-refractivity contribution < 1.29 is 4.74 Å². The Morgan fingerprint density at radius 2 is 1.72 bits per heavy atom. The fourth-order valence-electron chi connectivity index (χ4n) is 2.00. The molecule has 0 aromatic heterocycles. The number of rotatable bonds is 2. The van der Waals surface area contributed by atoms with E-state index in [9.17, 15) is 0 Å². The average Bonchev–Trinajstić information content (AvgIpc) is 2.90. The Bertz CT molecular complexity index is 580. The Kier molecular flexibility index (Phi) is 3.32. The van der Waals surface area contributed by atoms with Gasteiger partial charge in [-0.2, -0.15) is 0 Å². The number of aliphatic imine (C=N–C) groups is 1. The highest BCUT2D eigenvalue weighted by Gasteiger charge is 2.22. The standard InChI is InChI=1S/C15H12INO/c16-13-9-5-4-8-12(13)15-17-14(10-18-15)11-6-2-1-3-7-11/h1-9,14H,10H2. The molecule has 0 fully saturated rings. The summed E-state index contributed by atoms with van der Waals surface area (Å²) in [6, 6.07) is 18.6. The van der Waals surface area contributed by atoms with Crippen molar-refractivity contribution in [1.82, 2.24) is 0 Å². The summed E-state index contributed by atoms with van der Waals surface area (Å²) in [5.74, 6) is 0.758. The van der Waals surface area contributed by atoms with Crippen LogP contribution in [0.1, 0.15) is 17.2 Å². The zero-order valence-electron chi connectivity index (χ0n) is 9.71. The summed E-state index contributed by atoms with van der Waals surface area (Å²) in [5, 5.41) is 0. The molecule has 3 rings (SSSR count). The van der Waals surface area contributed by atoms with Crippen LogP contribution in [0.2, 0.25) is 0 Å². The predicted octanol–water partition coefficient (Wildman–Crippen LogP) is 3.81. The van der Waals surface area contributed by atoms with Gasteiger partial charge in [-0.15, -0.1) is 0 Å². The molecule has 1 atom stereocenters. The van der Waals surface area contributed by atoms with Gasteiger partial charge in [0.2, 0.25) is 5.90 Å². The van der Waals surface area contributed by atoms with Crippen LogP contribution in [0.15, 0.2) is 59.6 Å². The maximum absolute atomic E-state index is 5.73. The van der Waals surface area contributed by atoms with Crippen molar-refractivity contribution in [2.45, 2.75) is 6.04 Å². The van der Waals surface area contributed by atoms with Crippen LogP contribution in [0, 0.1) is 3.57 Å². The minimum Gasteiger partial charge on any atom is -0.475 e. The second-order valence-electron chi connectivity index (χ2n) is 4.15. The lowest BCUT2D eigenvalue weighted by Crippen LogP contribution is -2.03. The Morgan fingerprint density at radius 1 is 1.00 bits per heavy atom. The highest BCUT2D eigenvalue weighted by atomic mass is 127. The van der Waals surface area contributed by atoms with E-state index >= 15 is 0 Å². The third kappa shape index (κ3) is 2.27. The molecule has 0 amide bonds. The van der Waals surface area contributed by atoms with Crippen molar-refractivity contribution in [3.8, 4) is 0 Å². The quantitative estimate of drug-likeness (QED) is 0.756. The summed E-state index contributed by atoms with van der Waals surface area (Å²) in [7, 11) is 0. The van der Waals surface area contributed by atoms with Gasteiger partial charge in [-0.1, -0.05) is 42.5 Å². The molecule has 3 heteroatoms. The number of hydrogen-bond donors (Lipinski definition) is 0. The van der Waals surface area contributed by atoms with Crippen molar-refractivity contribution in [3.05, 3.63) is 69.3 Å². The van der Waals surface area contributed by atoms with Crippen molar-refractivity contribution in [2.24, 2.45) is 4.99 Å². The van der Waals surface area contributed by atoms with Gasteiger partial charge >= 0.3 is 0 Å². The summed E-state index contributed by atoms with van der Waals surface area (Å²) in [6.07, 6.45) is 0. The summed E-state index contributed by atoms with van der Waals surface area (Å²) in [5.41, 5.74) is 2.29. The Hall–Kier alpha value is -1.36. The number of hydrogen-bond acceptors (Lipinski definition) is 2. The molecular weight excluding hydrogens is 337 g/mol. The molecule has 1 aliphatic rings. The number of ether oxygens (including phenoxy) is 1. The Balaban J connectivity index is 1.91. The van der Waals surface area contributed by atoms with E-state index in [1.54, 1.807) is 0 Å². The van der Waals surface area contributed by atoms with E-state index < -0.39 is 0 Å². The zero-order chi connectivity index (χ0) is 12.4. The van der Waals surface area contributed by atoms with Gasteiger partial charge in [-0.25, -0.2) is 4.99 Å². The topological polar surface area (TPSA) is 21.6 Å². The molecule has 0 saturated heterocycles. The zero-order valence-corrected chi connectivity index (χ0v) is 11.9. The van der Waals surface area contributed by atoms with Gasteiger partial charge in [0, 0.05) is 9.13 Å². The largest absolute Gasteiger partial charge is 0.475 e. The van der Waals surface area contributed by atoms with E-state index in [4.69, 9.17) is 4.74 Å². The molecule has 0 N–H and O–H groups in total. The van der Waals surface area contributed by atoms with Crippen LogP contribution in [0.5, 0.6) is 0 Å². The molecule has 2 aromatic rings. The normalized spacial score (nSPS) is 18.3. The molecule has 0 aliphatic carbocycles. The first-order valence-electron chi connectivity index (χ1n) is 5.85. The molecule has 0 radical (unpaired) electrons. The summed E-state index contributed by atoms with van der Waals surface area (Å²) >= 11 is 2.31. The first kappa shape index (κ1) is 11.7. The predicted molar refractivity (Wildman–Crippen MR) is 80.8 cm³/mol. The lowest BCUT2D eigenvalue weighted by Gasteiger charge is -2.03. The van der Waals surface area contributed by atoms with Crippen molar-refractivity contribution in [3.63, 3.8) is 0 Å². The number of nitrogens with zero attached hydrogens (tertiary/aromatic N) is 1. The first-order valence-corrected chi connectivity index (χ1v) is 6.93. The Labute approximate surface area is 120 Å². The van der Waals surface area contributed by atoms with Crippen LogP contribution in [0.3, 0.4) is 0 Å². The fraction of sp³-hybridized carbons (Fsp3) is 0.133. The van der Waals surface area contributed by atoms with E-state index in [1.807, 2.05) is 36.4 Å². The minimum atomic E-state index is 0.122. The average molecular weight is 349 g/mol. The summed E-state index contributed by atoms with van der Waals surface area (Å²) in [4.78, 5) is 4.68. The molecule has 0 bridgehead atoms. The molecule has 2 aromatic carbocycles. The van der Waals surface area contributed by atoms with Gasteiger partial charge in [0.05, 0.1) is 0 Å². The lowest BCUT2D eigenvalue weighted by molar-refractivity contribution is 0.319. The van der Waals surface area contributed by atoms with Crippen LogP contribution in [0.4, 0.5) is 0 Å². The molecule has 90 valence electrons. The Morgan fingerprint density at radius 3 is 2.50 bits per heavy atom. The minimum absolute atomic E-state index is 0.122. The monoisotopic (exact) mass is 349 g/mol. The molecule has 0 saturated carbocycles. The van der Waals surface area contributed by atoms with Crippen LogP contribution < -0.4 is 0 Å². The van der Waals surface area contributed by atoms with Gasteiger partial charge in [-0.05, 0) is 40.3 Å². The molecular formula is C15H12INO. The van der Waals surface area contributed by atoms with Crippen LogP contribution in [-0.2, 0) is 4.74 Å². The third-order valence-electron chi connectivity index (χ3n) is 2.94. The van der Waals surface area contributed by atoms with E-state index in [0.717, 1.165) is 11.5 Å². The molecule has 1 unspecified atom stereocenters. The van der Waals surface area contributed by atoms with Crippen molar-refractivity contribution in [1.29, 1.82) is 0 Å². The first-order chi connectivity index (χ1) is 8.84. The van der Waals surface area contributed by atoms with E-state index in [2.05, 4.69) is 45.8 Å². The van der Waals surface area contributed by atoms with Gasteiger partial charge in [0.15, 0.2) is 0 Å². The maximum Gasteiger partial charge on any atom is 0.217 e. The smallest absolute Gasteiger partial charge is 0.217 e. The van der Waals surface area contributed by atoms with Crippen molar-refractivity contribution in [2.75, 3.05) is 6.61 Å². The van der Waals surface area contributed by atoms with Crippen LogP contribution in [-0.4, -0.2) is 12.5 Å². The molecule has 0 spiro atoms. The van der Waals surface area contributed by atoms with Crippen LogP contribution >= 0.6 is 22.6 Å². The van der Waals surface area contributed by atoms with E-state index in [1.165, 1.54) is 9.13 Å². The van der Waals surface area contributed by atoms with Crippen LogP contribution in [0.25, 0.3) is 0 Å². The number of benzene rings is 2. The van der Waals surface area contributed by atoms with Gasteiger partial charge < -0.3 is 4.74 Å². The highest BCUT2D eigenvalue weighted by Crippen LogP contribution is 2.26. The second-order valence-corrected chi connectivity index (χ2v) is 5.31. The van der Waals surface area contributed by atoms with Gasteiger partial charge in [-0.3, -0.25) is 0 Å². The number of halogens is 1. The van der Waals surface area contributed by atoms with E-state index in [0.29, 0.717) is 6.61 Å². The summed E-state index contributed by atoms with van der Waals surface area (Å²) in [6.45, 7) is 0.629. The van der Waals surface area contributed by atoms with Gasteiger partial charge in [0.25, 0.3) is 0 Å². The van der Waals surface area contributed by atoms with Gasteiger partial charge in [0.1, 0.15) is 12.6 Å². The molecule has 2 nitrogen and oxygen atoms in total. The lowest BCUT2D eigenvalue weighted by atomic mass is 10.1. The molecule has 1 aliphatic heterocycles. The highest BCUT2D eigenvalue weighted by molar-refractivity contribution is 14.1.